The van der Waals surface area contributed by atoms with E-state index in [0.717, 1.165) is 25.2 Å². The summed E-state index contributed by atoms with van der Waals surface area (Å²) in [6.07, 6.45) is 0.896. The van der Waals surface area contributed by atoms with Crippen LogP contribution >= 0.6 is 11.6 Å². The third kappa shape index (κ3) is 5.55. The van der Waals surface area contributed by atoms with E-state index in [1.165, 1.54) is 0 Å². The van der Waals surface area contributed by atoms with E-state index in [4.69, 9.17) is 25.8 Å². The van der Waals surface area contributed by atoms with Crippen LogP contribution in [0.25, 0.3) is 0 Å². The average Bonchev–Trinajstić information content (AvgIpc) is 2.73. The first kappa shape index (κ1) is 21.3. The van der Waals surface area contributed by atoms with Crippen LogP contribution in [0.1, 0.15) is 30.6 Å². The highest BCUT2D eigenvalue weighted by Crippen LogP contribution is 2.32. The maximum absolute atomic E-state index is 12.9. The summed E-state index contributed by atoms with van der Waals surface area (Å²) >= 11 is 6.19. The van der Waals surface area contributed by atoms with E-state index < -0.39 is 0 Å². The number of rotatable bonds is 8. The van der Waals surface area contributed by atoms with Gasteiger partial charge >= 0.3 is 0 Å². The van der Waals surface area contributed by atoms with Gasteiger partial charge in [-0.25, -0.2) is 0 Å². The van der Waals surface area contributed by atoms with Crippen molar-refractivity contribution in [2.75, 3.05) is 49.7 Å². The van der Waals surface area contributed by atoms with Gasteiger partial charge in [-0.3, -0.25) is 4.79 Å². The zero-order chi connectivity index (χ0) is 20.6. The molecule has 0 atom stereocenters. The summed E-state index contributed by atoms with van der Waals surface area (Å²) in [5.74, 6) is 0.972. The molecule has 1 heterocycles. The van der Waals surface area contributed by atoms with Gasteiger partial charge in [0.15, 0.2) is 11.5 Å². The highest BCUT2D eigenvalue weighted by atomic mass is 35.5. The average molecular weight is 419 g/mol. The lowest BCUT2D eigenvalue weighted by atomic mass is 10.1. The molecule has 0 aliphatic carbocycles. The Morgan fingerprint density at radius 3 is 2.62 bits per heavy atom. The molecular weight excluding hydrogens is 392 g/mol. The summed E-state index contributed by atoms with van der Waals surface area (Å²) < 4.78 is 16.8. The van der Waals surface area contributed by atoms with Gasteiger partial charge in [-0.15, -0.1) is 0 Å². The summed E-state index contributed by atoms with van der Waals surface area (Å²) in [6, 6.07) is 10.7. The first-order valence-electron chi connectivity index (χ1n) is 9.95. The lowest BCUT2D eigenvalue weighted by Gasteiger charge is -2.30. The molecule has 0 aromatic heterocycles. The maximum Gasteiger partial charge on any atom is 0.255 e. The second-order valence-corrected chi connectivity index (χ2v) is 7.09. The van der Waals surface area contributed by atoms with Gasteiger partial charge < -0.3 is 24.4 Å². The number of anilines is 2. The summed E-state index contributed by atoms with van der Waals surface area (Å²) in [6.45, 7) is 7.88. The van der Waals surface area contributed by atoms with E-state index in [9.17, 15) is 4.79 Å². The summed E-state index contributed by atoms with van der Waals surface area (Å²) in [5.41, 5.74) is 2.10. The molecule has 1 aliphatic heterocycles. The molecule has 29 heavy (non-hydrogen) atoms. The second kappa shape index (κ2) is 10.4. The molecule has 0 radical (unpaired) electrons. The SMILES string of the molecule is CCCOc1ccc(C(=O)Nc2cc(Cl)ccc2N2CCOCC2)cc1OCC. The molecule has 2 aromatic rings. The Hall–Kier alpha value is -2.44. The van der Waals surface area contributed by atoms with E-state index in [1.807, 2.05) is 26.0 Å². The Bertz CT molecular complexity index is 838. The number of carbonyl (C=O) groups excluding carboxylic acids is 1. The van der Waals surface area contributed by atoms with E-state index >= 15 is 0 Å². The number of nitrogens with zero attached hydrogens (tertiary/aromatic N) is 1. The Kier molecular flexibility index (Phi) is 7.61. The fourth-order valence-corrected chi connectivity index (χ4v) is 3.30. The number of benzene rings is 2. The van der Waals surface area contributed by atoms with Gasteiger partial charge in [0.25, 0.3) is 5.91 Å². The van der Waals surface area contributed by atoms with Crippen molar-refractivity contribution in [1.29, 1.82) is 0 Å². The van der Waals surface area contributed by atoms with Crippen LogP contribution in [-0.4, -0.2) is 45.4 Å². The van der Waals surface area contributed by atoms with Crippen LogP contribution in [0.15, 0.2) is 36.4 Å². The number of halogens is 1. The first-order valence-corrected chi connectivity index (χ1v) is 10.3. The number of hydrogen-bond acceptors (Lipinski definition) is 5. The van der Waals surface area contributed by atoms with Gasteiger partial charge in [-0.1, -0.05) is 18.5 Å². The number of nitrogens with one attached hydrogen (secondary N) is 1. The van der Waals surface area contributed by atoms with Crippen molar-refractivity contribution in [3.8, 4) is 11.5 Å². The van der Waals surface area contributed by atoms with Gasteiger partial charge in [0.05, 0.1) is 37.8 Å². The number of carbonyl (C=O) groups is 1. The second-order valence-electron chi connectivity index (χ2n) is 6.66. The van der Waals surface area contributed by atoms with Crippen LogP contribution in [-0.2, 0) is 4.74 Å². The molecule has 2 aromatic carbocycles. The molecule has 0 unspecified atom stereocenters. The zero-order valence-electron chi connectivity index (χ0n) is 16.9. The van der Waals surface area contributed by atoms with Crippen molar-refractivity contribution in [3.63, 3.8) is 0 Å². The minimum absolute atomic E-state index is 0.232. The van der Waals surface area contributed by atoms with Crippen molar-refractivity contribution in [2.45, 2.75) is 20.3 Å². The van der Waals surface area contributed by atoms with E-state index in [1.54, 1.807) is 24.3 Å². The predicted molar refractivity (Wildman–Crippen MR) is 116 cm³/mol. The highest BCUT2D eigenvalue weighted by Gasteiger charge is 2.18. The minimum atomic E-state index is -0.232. The van der Waals surface area contributed by atoms with E-state index in [-0.39, 0.29) is 5.91 Å². The number of hydrogen-bond donors (Lipinski definition) is 1. The van der Waals surface area contributed by atoms with Crippen LogP contribution < -0.4 is 19.7 Å². The standard InChI is InChI=1S/C22H27ClN2O4/c1-3-11-29-20-8-5-16(14-21(20)28-4-2)22(26)24-18-15-17(23)6-7-19(18)25-9-12-27-13-10-25/h5-8,14-15H,3-4,9-13H2,1-2H3,(H,24,26). The smallest absolute Gasteiger partial charge is 0.255 e. The molecule has 1 N–H and O–H groups in total. The van der Waals surface area contributed by atoms with Crippen molar-refractivity contribution >= 4 is 28.9 Å². The largest absolute Gasteiger partial charge is 0.490 e. The van der Waals surface area contributed by atoms with Gasteiger partial charge in [0.1, 0.15) is 0 Å². The molecule has 1 saturated heterocycles. The topological polar surface area (TPSA) is 60.0 Å². The van der Waals surface area contributed by atoms with E-state index in [2.05, 4.69) is 10.2 Å². The molecule has 3 rings (SSSR count). The molecule has 6 nitrogen and oxygen atoms in total. The Morgan fingerprint density at radius 2 is 1.90 bits per heavy atom. The van der Waals surface area contributed by atoms with Gasteiger partial charge in [0, 0.05) is 23.7 Å². The molecular formula is C22H27ClN2O4. The molecule has 0 bridgehead atoms. The molecule has 0 spiro atoms. The maximum atomic E-state index is 12.9. The van der Waals surface area contributed by atoms with Gasteiger partial charge in [-0.2, -0.15) is 0 Å². The van der Waals surface area contributed by atoms with Gasteiger partial charge in [0.2, 0.25) is 0 Å². The predicted octanol–water partition coefficient (Wildman–Crippen LogP) is 4.62. The fourth-order valence-electron chi connectivity index (χ4n) is 3.13. The van der Waals surface area contributed by atoms with Crippen LogP contribution in [0, 0.1) is 0 Å². The minimum Gasteiger partial charge on any atom is -0.490 e. The van der Waals surface area contributed by atoms with Crippen LogP contribution in [0.3, 0.4) is 0 Å². The van der Waals surface area contributed by atoms with Crippen LogP contribution in [0.2, 0.25) is 5.02 Å². The normalized spacial score (nSPS) is 13.8. The lowest BCUT2D eigenvalue weighted by Crippen LogP contribution is -2.36. The number of amides is 1. The number of morpholine rings is 1. The fraction of sp³-hybridized carbons (Fsp3) is 0.409. The highest BCUT2D eigenvalue weighted by molar-refractivity contribution is 6.31. The number of ether oxygens (including phenoxy) is 3. The van der Waals surface area contributed by atoms with Crippen LogP contribution in [0.4, 0.5) is 11.4 Å². The zero-order valence-corrected chi connectivity index (χ0v) is 17.6. The third-order valence-corrected chi connectivity index (χ3v) is 4.76. The third-order valence-electron chi connectivity index (χ3n) is 4.53. The Balaban J connectivity index is 1.82. The van der Waals surface area contributed by atoms with Crippen molar-refractivity contribution in [1.82, 2.24) is 0 Å². The molecule has 7 heteroatoms. The van der Waals surface area contributed by atoms with Crippen molar-refractivity contribution < 1.29 is 19.0 Å². The molecule has 1 aliphatic rings. The van der Waals surface area contributed by atoms with Crippen LogP contribution in [0.5, 0.6) is 11.5 Å². The van der Waals surface area contributed by atoms with Crippen molar-refractivity contribution in [3.05, 3.63) is 47.0 Å². The molecule has 156 valence electrons. The molecule has 0 saturated carbocycles. The van der Waals surface area contributed by atoms with E-state index in [0.29, 0.717) is 54.2 Å². The Labute approximate surface area is 176 Å². The van der Waals surface area contributed by atoms with Crippen molar-refractivity contribution in [2.24, 2.45) is 0 Å². The monoisotopic (exact) mass is 418 g/mol. The molecule has 1 amide bonds. The molecule has 1 fully saturated rings. The van der Waals surface area contributed by atoms with Gasteiger partial charge in [-0.05, 0) is 49.7 Å². The Morgan fingerprint density at radius 1 is 1.10 bits per heavy atom. The quantitative estimate of drug-likeness (QED) is 0.678. The summed E-state index contributed by atoms with van der Waals surface area (Å²) in [5, 5.41) is 3.56. The summed E-state index contributed by atoms with van der Waals surface area (Å²) in [4.78, 5) is 15.1. The lowest BCUT2D eigenvalue weighted by molar-refractivity contribution is 0.102. The summed E-state index contributed by atoms with van der Waals surface area (Å²) in [7, 11) is 0. The first-order chi connectivity index (χ1) is 14.1.